The monoisotopic (exact) mass is 338 g/mol. The van der Waals surface area contributed by atoms with Gasteiger partial charge in [0.15, 0.2) is 5.41 Å². The molecule has 0 bridgehead atoms. The third-order valence-corrected chi connectivity index (χ3v) is 3.93. The van der Waals surface area contributed by atoms with E-state index in [0.29, 0.717) is 0 Å². The van der Waals surface area contributed by atoms with Crippen LogP contribution in [0.2, 0.25) is 0 Å². The first-order valence-electron chi connectivity index (χ1n) is 9.19. The van der Waals surface area contributed by atoms with E-state index in [1.54, 1.807) is 19.9 Å². The van der Waals surface area contributed by atoms with Gasteiger partial charge < -0.3 is 9.47 Å². The summed E-state index contributed by atoms with van der Waals surface area (Å²) in [5.41, 5.74) is -1.31. The van der Waals surface area contributed by atoms with Crippen LogP contribution in [0, 0.1) is 5.41 Å². The zero-order chi connectivity index (χ0) is 18.3. The number of carbonyl (C=O) groups excluding carboxylic acids is 2. The van der Waals surface area contributed by atoms with Crippen LogP contribution in [0.5, 0.6) is 0 Å². The average molecular weight is 338 g/mol. The molecule has 0 rings (SSSR count). The van der Waals surface area contributed by atoms with Crippen molar-refractivity contribution in [1.82, 2.24) is 0 Å². The fourth-order valence-electron chi connectivity index (χ4n) is 2.55. The van der Waals surface area contributed by atoms with Gasteiger partial charge in [0, 0.05) is 0 Å². The number of carbonyl (C=O) groups is 2. The summed E-state index contributed by atoms with van der Waals surface area (Å²) < 4.78 is 10.3. The van der Waals surface area contributed by atoms with Crippen molar-refractivity contribution in [3.8, 4) is 0 Å². The Bertz CT molecular complexity index is 380. The second-order valence-electron chi connectivity index (χ2n) is 5.89. The molecule has 0 aromatic rings. The molecule has 138 valence electrons. The summed E-state index contributed by atoms with van der Waals surface area (Å²) in [6, 6.07) is 0. The molecule has 0 saturated carbocycles. The molecular weight excluding hydrogens is 304 g/mol. The van der Waals surface area contributed by atoms with Gasteiger partial charge in [0.25, 0.3) is 0 Å². The molecule has 0 heterocycles. The first kappa shape index (κ1) is 22.4. The Morgan fingerprint density at radius 3 is 1.96 bits per heavy atom. The number of esters is 2. The van der Waals surface area contributed by atoms with Crippen molar-refractivity contribution in [2.75, 3.05) is 13.2 Å². The molecule has 0 N–H and O–H groups in total. The molecule has 0 aliphatic heterocycles. The maximum atomic E-state index is 12.4. The van der Waals surface area contributed by atoms with Crippen LogP contribution in [-0.2, 0) is 19.1 Å². The van der Waals surface area contributed by atoms with Crippen molar-refractivity contribution in [2.45, 2.75) is 72.1 Å². The Labute approximate surface area is 147 Å². The lowest BCUT2D eigenvalue weighted by Gasteiger charge is -2.26. The van der Waals surface area contributed by atoms with Crippen molar-refractivity contribution < 1.29 is 19.1 Å². The minimum Gasteiger partial charge on any atom is -0.465 e. The molecule has 0 unspecified atom stereocenters. The first-order chi connectivity index (χ1) is 11.6. The molecule has 24 heavy (non-hydrogen) atoms. The molecule has 0 fully saturated rings. The number of ether oxygens (including phenoxy) is 2. The summed E-state index contributed by atoms with van der Waals surface area (Å²) in [6.07, 6.45) is 13.1. The van der Waals surface area contributed by atoms with Gasteiger partial charge in [0.2, 0.25) is 0 Å². The lowest BCUT2D eigenvalue weighted by Crippen LogP contribution is -2.41. The number of unbranched alkanes of at least 4 members (excludes halogenated alkanes) is 5. The van der Waals surface area contributed by atoms with Crippen LogP contribution in [-0.4, -0.2) is 25.2 Å². The van der Waals surface area contributed by atoms with Gasteiger partial charge in [-0.05, 0) is 39.5 Å². The SMILES string of the molecule is C=CCC(CC=CCCCCCCC)(C(=O)OCC)C(=O)OCC. The van der Waals surface area contributed by atoms with Crippen molar-refractivity contribution in [2.24, 2.45) is 5.41 Å². The van der Waals surface area contributed by atoms with E-state index < -0.39 is 17.4 Å². The van der Waals surface area contributed by atoms with Crippen molar-refractivity contribution >= 4 is 11.9 Å². The van der Waals surface area contributed by atoms with Crippen LogP contribution in [0.4, 0.5) is 0 Å². The summed E-state index contributed by atoms with van der Waals surface area (Å²) in [5.74, 6) is -1.06. The van der Waals surface area contributed by atoms with Crippen LogP contribution in [0.3, 0.4) is 0 Å². The second kappa shape index (κ2) is 13.8. The normalized spacial score (nSPS) is 11.5. The molecule has 0 aromatic heterocycles. The molecule has 0 radical (unpaired) electrons. The molecule has 4 nitrogen and oxygen atoms in total. The fourth-order valence-corrected chi connectivity index (χ4v) is 2.55. The maximum absolute atomic E-state index is 12.4. The van der Waals surface area contributed by atoms with E-state index in [1.165, 1.54) is 25.7 Å². The van der Waals surface area contributed by atoms with Gasteiger partial charge in [-0.15, -0.1) is 6.58 Å². The maximum Gasteiger partial charge on any atom is 0.324 e. The molecule has 0 aromatic carbocycles. The Morgan fingerprint density at radius 1 is 0.875 bits per heavy atom. The Morgan fingerprint density at radius 2 is 1.46 bits per heavy atom. The molecule has 0 aliphatic rings. The highest BCUT2D eigenvalue weighted by Gasteiger charge is 2.46. The highest BCUT2D eigenvalue weighted by atomic mass is 16.6. The number of hydrogen-bond donors (Lipinski definition) is 0. The quantitative estimate of drug-likeness (QED) is 0.194. The average Bonchev–Trinajstić information content (AvgIpc) is 2.56. The van der Waals surface area contributed by atoms with Crippen molar-refractivity contribution in [3.05, 3.63) is 24.8 Å². The predicted octanol–water partition coefficient (Wildman–Crippen LogP) is 4.98. The zero-order valence-corrected chi connectivity index (χ0v) is 15.6. The van der Waals surface area contributed by atoms with Crippen LogP contribution in [0.25, 0.3) is 0 Å². The molecule has 4 heteroatoms. The highest BCUT2D eigenvalue weighted by molar-refractivity contribution is 6.00. The minimum atomic E-state index is -1.31. The van der Waals surface area contributed by atoms with E-state index >= 15 is 0 Å². The van der Waals surface area contributed by atoms with Gasteiger partial charge in [-0.1, -0.05) is 50.8 Å². The largest absolute Gasteiger partial charge is 0.465 e. The van der Waals surface area contributed by atoms with Crippen LogP contribution in [0.1, 0.15) is 72.1 Å². The van der Waals surface area contributed by atoms with Gasteiger partial charge in [-0.3, -0.25) is 9.59 Å². The van der Waals surface area contributed by atoms with E-state index in [2.05, 4.69) is 13.5 Å². The summed E-state index contributed by atoms with van der Waals surface area (Å²) in [4.78, 5) is 24.8. The van der Waals surface area contributed by atoms with E-state index in [9.17, 15) is 9.59 Å². The highest BCUT2D eigenvalue weighted by Crippen LogP contribution is 2.32. The summed E-state index contributed by atoms with van der Waals surface area (Å²) >= 11 is 0. The molecule has 0 atom stereocenters. The number of allylic oxidation sites excluding steroid dienone is 3. The lowest BCUT2D eigenvalue weighted by molar-refractivity contribution is -0.171. The standard InChI is InChI=1S/C20H34O4/c1-5-9-10-11-12-13-14-15-17-20(16-6-2,18(21)23-7-3)19(22)24-8-4/h6,14-15H,2,5,7-13,16-17H2,1,3-4H3. The molecule has 0 saturated heterocycles. The van der Waals surface area contributed by atoms with Gasteiger partial charge in [-0.25, -0.2) is 0 Å². The van der Waals surface area contributed by atoms with E-state index in [1.807, 2.05) is 12.2 Å². The zero-order valence-electron chi connectivity index (χ0n) is 15.6. The number of rotatable bonds is 14. The van der Waals surface area contributed by atoms with Crippen LogP contribution in [0.15, 0.2) is 24.8 Å². The van der Waals surface area contributed by atoms with E-state index in [4.69, 9.17) is 9.47 Å². The molecular formula is C20H34O4. The van der Waals surface area contributed by atoms with Crippen molar-refractivity contribution in [1.29, 1.82) is 0 Å². The third-order valence-electron chi connectivity index (χ3n) is 3.93. The first-order valence-corrected chi connectivity index (χ1v) is 9.19. The van der Waals surface area contributed by atoms with Gasteiger partial charge in [-0.2, -0.15) is 0 Å². The smallest absolute Gasteiger partial charge is 0.324 e. The molecule has 0 aliphatic carbocycles. The summed E-state index contributed by atoms with van der Waals surface area (Å²) in [5, 5.41) is 0. The van der Waals surface area contributed by atoms with Gasteiger partial charge >= 0.3 is 11.9 Å². The Balaban J connectivity index is 4.82. The second-order valence-corrected chi connectivity index (χ2v) is 5.89. The third kappa shape index (κ3) is 7.80. The van der Waals surface area contributed by atoms with Gasteiger partial charge in [0.1, 0.15) is 0 Å². The van der Waals surface area contributed by atoms with Crippen molar-refractivity contribution in [3.63, 3.8) is 0 Å². The molecule has 0 spiro atoms. The Kier molecular flexibility index (Phi) is 12.9. The minimum absolute atomic E-state index is 0.214. The summed E-state index contributed by atoms with van der Waals surface area (Å²) in [7, 11) is 0. The van der Waals surface area contributed by atoms with E-state index in [-0.39, 0.29) is 26.1 Å². The molecule has 0 amide bonds. The topological polar surface area (TPSA) is 52.6 Å². The fraction of sp³-hybridized carbons (Fsp3) is 0.700. The lowest BCUT2D eigenvalue weighted by atomic mass is 9.80. The predicted molar refractivity (Wildman–Crippen MR) is 97.6 cm³/mol. The Hall–Kier alpha value is -1.58. The number of hydrogen-bond acceptors (Lipinski definition) is 4. The van der Waals surface area contributed by atoms with Crippen LogP contribution < -0.4 is 0 Å². The van der Waals surface area contributed by atoms with Crippen LogP contribution >= 0.6 is 0 Å². The summed E-state index contributed by atoms with van der Waals surface area (Å²) in [6.45, 7) is 9.80. The van der Waals surface area contributed by atoms with E-state index in [0.717, 1.165) is 12.8 Å². The van der Waals surface area contributed by atoms with Gasteiger partial charge in [0.05, 0.1) is 13.2 Å².